The van der Waals surface area contributed by atoms with Gasteiger partial charge >= 0.3 is 0 Å². The average Bonchev–Trinajstić information content (AvgIpc) is 2.42. The van der Waals surface area contributed by atoms with Crippen LogP contribution in [0.4, 0.5) is 15.8 Å². The Kier molecular flexibility index (Phi) is 4.70. The van der Waals surface area contributed by atoms with E-state index in [2.05, 4.69) is 10.0 Å². The molecule has 5 nitrogen and oxygen atoms in total. The Morgan fingerprint density at radius 3 is 2.35 bits per heavy atom. The zero-order chi connectivity index (χ0) is 17.2. The molecule has 122 valence electrons. The maximum absolute atomic E-state index is 13.8. The maximum atomic E-state index is 13.8. The first-order chi connectivity index (χ1) is 10.7. The predicted octanol–water partition coefficient (Wildman–Crippen LogP) is 3.07. The molecule has 23 heavy (non-hydrogen) atoms. The molecule has 0 aromatic heterocycles. The summed E-state index contributed by atoms with van der Waals surface area (Å²) in [6, 6.07) is 9.06. The van der Waals surface area contributed by atoms with Gasteiger partial charge in [0.1, 0.15) is 5.82 Å². The van der Waals surface area contributed by atoms with Crippen LogP contribution in [0.1, 0.15) is 21.5 Å². The Morgan fingerprint density at radius 1 is 1.04 bits per heavy atom. The van der Waals surface area contributed by atoms with Gasteiger partial charge in [0.25, 0.3) is 5.91 Å². The largest absolute Gasteiger partial charge is 0.319 e. The van der Waals surface area contributed by atoms with Gasteiger partial charge in [-0.05, 0) is 49.2 Å². The van der Waals surface area contributed by atoms with Crippen LogP contribution in [0.15, 0.2) is 36.4 Å². The number of hydrogen-bond donors (Lipinski definition) is 2. The Balaban J connectivity index is 2.27. The minimum absolute atomic E-state index is 0.0683. The molecule has 0 saturated carbocycles. The number of amides is 1. The average molecular weight is 336 g/mol. The van der Waals surface area contributed by atoms with Gasteiger partial charge < -0.3 is 5.32 Å². The minimum atomic E-state index is -3.45. The Bertz CT molecular complexity index is 864. The van der Waals surface area contributed by atoms with Gasteiger partial charge in [-0.2, -0.15) is 0 Å². The molecule has 0 unspecified atom stereocenters. The van der Waals surface area contributed by atoms with E-state index in [1.165, 1.54) is 18.2 Å². The minimum Gasteiger partial charge on any atom is -0.319 e. The van der Waals surface area contributed by atoms with E-state index in [9.17, 15) is 17.6 Å². The summed E-state index contributed by atoms with van der Waals surface area (Å²) in [5.74, 6) is -1.05. The van der Waals surface area contributed by atoms with Gasteiger partial charge in [0.15, 0.2) is 0 Å². The molecule has 0 atom stereocenters. The summed E-state index contributed by atoms with van der Waals surface area (Å²) < 4.78 is 38.8. The summed E-state index contributed by atoms with van der Waals surface area (Å²) in [4.78, 5) is 12.2. The number of hydrogen-bond acceptors (Lipinski definition) is 3. The second kappa shape index (κ2) is 6.37. The van der Waals surface area contributed by atoms with Crippen molar-refractivity contribution in [2.75, 3.05) is 16.3 Å². The highest BCUT2D eigenvalue weighted by atomic mass is 32.2. The lowest BCUT2D eigenvalue weighted by Crippen LogP contribution is -2.15. The van der Waals surface area contributed by atoms with Gasteiger partial charge in [0.2, 0.25) is 10.0 Å². The monoisotopic (exact) mass is 336 g/mol. The number of carbonyl (C=O) groups is 1. The number of benzene rings is 2. The van der Waals surface area contributed by atoms with Crippen molar-refractivity contribution in [3.63, 3.8) is 0 Å². The SMILES string of the molecule is Cc1ccc(NC(=O)c2ccc(C)c(NS(C)(=O)=O)c2)c(F)c1. The molecular formula is C16H17FN2O3S. The molecule has 0 saturated heterocycles. The second-order valence-corrected chi connectivity index (χ2v) is 7.09. The number of aryl methyl sites for hydroxylation is 2. The van der Waals surface area contributed by atoms with Crippen LogP contribution in [0.25, 0.3) is 0 Å². The van der Waals surface area contributed by atoms with Crippen LogP contribution in [-0.4, -0.2) is 20.6 Å². The molecule has 2 aromatic rings. The van der Waals surface area contributed by atoms with Crippen LogP contribution in [0.3, 0.4) is 0 Å². The number of carbonyl (C=O) groups excluding carboxylic acids is 1. The lowest BCUT2D eigenvalue weighted by atomic mass is 10.1. The predicted molar refractivity (Wildman–Crippen MR) is 88.7 cm³/mol. The Morgan fingerprint density at radius 2 is 1.74 bits per heavy atom. The van der Waals surface area contributed by atoms with Gasteiger partial charge in [-0.15, -0.1) is 0 Å². The molecule has 2 aromatic carbocycles. The van der Waals surface area contributed by atoms with Crippen LogP contribution in [0, 0.1) is 19.7 Å². The van der Waals surface area contributed by atoms with E-state index in [4.69, 9.17) is 0 Å². The van der Waals surface area contributed by atoms with E-state index in [1.807, 2.05) is 0 Å². The van der Waals surface area contributed by atoms with Crippen molar-refractivity contribution in [3.05, 3.63) is 58.9 Å². The fraction of sp³-hybridized carbons (Fsp3) is 0.188. The summed E-state index contributed by atoms with van der Waals surface area (Å²) >= 11 is 0. The molecule has 0 aliphatic heterocycles. The number of nitrogens with one attached hydrogen (secondary N) is 2. The van der Waals surface area contributed by atoms with Gasteiger partial charge in [0, 0.05) is 5.56 Å². The normalized spacial score (nSPS) is 11.1. The van der Waals surface area contributed by atoms with E-state index in [-0.39, 0.29) is 11.3 Å². The summed E-state index contributed by atoms with van der Waals surface area (Å²) in [5.41, 5.74) is 2.02. The van der Waals surface area contributed by atoms with Gasteiger partial charge in [-0.25, -0.2) is 12.8 Å². The summed E-state index contributed by atoms with van der Waals surface area (Å²) in [7, 11) is -3.45. The third-order valence-corrected chi connectivity index (χ3v) is 3.76. The van der Waals surface area contributed by atoms with E-state index in [0.29, 0.717) is 11.3 Å². The molecule has 2 rings (SSSR count). The standard InChI is InChI=1S/C16H17FN2O3S/c1-10-4-7-14(13(17)8-10)18-16(20)12-6-5-11(2)15(9-12)19-23(3,21)22/h4-9,19H,1-3H3,(H,18,20). The van der Waals surface area contributed by atoms with Crippen LogP contribution in [0.2, 0.25) is 0 Å². The highest BCUT2D eigenvalue weighted by molar-refractivity contribution is 7.92. The molecule has 0 heterocycles. The fourth-order valence-electron chi connectivity index (χ4n) is 1.99. The molecule has 0 bridgehead atoms. The van der Waals surface area contributed by atoms with Crippen molar-refractivity contribution in [1.82, 2.24) is 0 Å². The lowest BCUT2D eigenvalue weighted by Gasteiger charge is -2.11. The third-order valence-electron chi connectivity index (χ3n) is 3.17. The van der Waals surface area contributed by atoms with E-state index in [0.717, 1.165) is 11.8 Å². The van der Waals surface area contributed by atoms with Crippen molar-refractivity contribution in [2.24, 2.45) is 0 Å². The van der Waals surface area contributed by atoms with Gasteiger partial charge in [0.05, 0.1) is 17.6 Å². The molecule has 1 amide bonds. The zero-order valence-corrected chi connectivity index (χ0v) is 13.8. The summed E-state index contributed by atoms with van der Waals surface area (Å²) in [6.45, 7) is 3.46. The van der Waals surface area contributed by atoms with Crippen molar-refractivity contribution in [3.8, 4) is 0 Å². The number of rotatable bonds is 4. The summed E-state index contributed by atoms with van der Waals surface area (Å²) in [5, 5.41) is 2.47. The molecule has 7 heteroatoms. The molecule has 0 spiro atoms. The zero-order valence-electron chi connectivity index (χ0n) is 13.0. The number of sulfonamides is 1. The highest BCUT2D eigenvalue weighted by Crippen LogP contribution is 2.20. The van der Waals surface area contributed by atoms with Crippen molar-refractivity contribution in [2.45, 2.75) is 13.8 Å². The fourth-order valence-corrected chi connectivity index (χ4v) is 2.61. The Labute approximate surface area is 134 Å². The Hall–Kier alpha value is -2.41. The quantitative estimate of drug-likeness (QED) is 0.901. The highest BCUT2D eigenvalue weighted by Gasteiger charge is 2.12. The second-order valence-electron chi connectivity index (χ2n) is 5.34. The van der Waals surface area contributed by atoms with Crippen LogP contribution >= 0.6 is 0 Å². The number of anilines is 2. The van der Waals surface area contributed by atoms with Crippen molar-refractivity contribution in [1.29, 1.82) is 0 Å². The van der Waals surface area contributed by atoms with Crippen LogP contribution < -0.4 is 10.0 Å². The molecule has 0 fully saturated rings. The van der Waals surface area contributed by atoms with Crippen molar-refractivity contribution >= 4 is 27.3 Å². The molecule has 0 aliphatic carbocycles. The van der Waals surface area contributed by atoms with Crippen molar-refractivity contribution < 1.29 is 17.6 Å². The van der Waals surface area contributed by atoms with Gasteiger partial charge in [-0.1, -0.05) is 12.1 Å². The molecule has 2 N–H and O–H groups in total. The third kappa shape index (κ3) is 4.53. The van der Waals surface area contributed by atoms with E-state index < -0.39 is 21.7 Å². The first kappa shape index (κ1) is 17.0. The molecule has 0 radical (unpaired) electrons. The maximum Gasteiger partial charge on any atom is 0.255 e. The van der Waals surface area contributed by atoms with Gasteiger partial charge in [-0.3, -0.25) is 9.52 Å². The molecule has 0 aliphatic rings. The van der Waals surface area contributed by atoms with E-state index in [1.54, 1.807) is 32.0 Å². The number of halogens is 1. The van der Waals surface area contributed by atoms with E-state index >= 15 is 0 Å². The topological polar surface area (TPSA) is 75.3 Å². The smallest absolute Gasteiger partial charge is 0.255 e. The molecular weight excluding hydrogens is 319 g/mol. The van der Waals surface area contributed by atoms with Crippen LogP contribution in [0.5, 0.6) is 0 Å². The summed E-state index contributed by atoms with van der Waals surface area (Å²) in [6.07, 6.45) is 1.03. The first-order valence-electron chi connectivity index (χ1n) is 6.81. The van der Waals surface area contributed by atoms with Crippen LogP contribution in [-0.2, 0) is 10.0 Å². The lowest BCUT2D eigenvalue weighted by molar-refractivity contribution is 0.102. The first-order valence-corrected chi connectivity index (χ1v) is 8.71.